The average Bonchev–Trinajstić information content (AvgIpc) is 2.89. The molecule has 5 rings (SSSR count). The zero-order valence-electron chi connectivity index (χ0n) is 21.8. The van der Waals surface area contributed by atoms with Crippen molar-refractivity contribution >= 4 is 28.8 Å². The lowest BCUT2D eigenvalue weighted by Gasteiger charge is -2.38. The zero-order chi connectivity index (χ0) is 26.0. The van der Waals surface area contributed by atoms with Crippen LogP contribution in [-0.4, -0.2) is 30.0 Å². The van der Waals surface area contributed by atoms with Gasteiger partial charge in [0.15, 0.2) is 5.82 Å². The van der Waals surface area contributed by atoms with Crippen LogP contribution < -0.4 is 27.0 Å². The first-order chi connectivity index (χ1) is 17.8. The van der Waals surface area contributed by atoms with Crippen LogP contribution in [0.3, 0.4) is 0 Å². The summed E-state index contributed by atoms with van der Waals surface area (Å²) in [5.41, 5.74) is 18.3. The van der Waals surface area contributed by atoms with E-state index in [9.17, 15) is 4.79 Å². The number of carbonyl (C=O) groups excluding carboxylic acids is 1. The summed E-state index contributed by atoms with van der Waals surface area (Å²) in [6.45, 7) is 5.74. The molecule has 0 atom stereocenters. The Labute approximate surface area is 219 Å². The smallest absolute Gasteiger partial charge is 0.223 e. The molecule has 37 heavy (non-hydrogen) atoms. The summed E-state index contributed by atoms with van der Waals surface area (Å²) < 4.78 is 0. The third-order valence-corrected chi connectivity index (χ3v) is 7.70. The maximum absolute atomic E-state index is 12.4. The van der Waals surface area contributed by atoms with Crippen LogP contribution in [0.2, 0.25) is 0 Å². The number of hydrogen-bond donors (Lipinski definition) is 4. The van der Waals surface area contributed by atoms with Crippen LogP contribution in [0.1, 0.15) is 51.5 Å². The number of aromatic nitrogens is 1. The van der Waals surface area contributed by atoms with Gasteiger partial charge in [-0.25, -0.2) is 4.98 Å². The molecular weight excluding hydrogens is 460 g/mol. The number of benzene rings is 2. The number of nitrogen functional groups attached to an aromatic ring is 1. The van der Waals surface area contributed by atoms with E-state index in [4.69, 9.17) is 16.5 Å². The minimum absolute atomic E-state index is 0.0902. The number of nitrogens with two attached hydrogens (primary N) is 2. The van der Waals surface area contributed by atoms with Crippen molar-refractivity contribution in [1.29, 1.82) is 0 Å². The molecule has 1 aromatic heterocycles. The van der Waals surface area contributed by atoms with Gasteiger partial charge in [0.05, 0.1) is 11.4 Å². The fourth-order valence-corrected chi connectivity index (χ4v) is 5.26. The molecule has 1 aliphatic heterocycles. The molecule has 2 heterocycles. The Morgan fingerprint density at radius 2 is 1.78 bits per heavy atom. The molecule has 2 fully saturated rings. The topological polar surface area (TPSA) is 109 Å². The van der Waals surface area contributed by atoms with Gasteiger partial charge in [0.2, 0.25) is 5.91 Å². The van der Waals surface area contributed by atoms with E-state index in [0.717, 1.165) is 61.4 Å². The highest BCUT2D eigenvalue weighted by Crippen LogP contribution is 2.39. The normalized spacial score (nSPS) is 17.4. The van der Waals surface area contributed by atoms with Crippen LogP contribution in [-0.2, 0) is 10.3 Å². The second kappa shape index (κ2) is 10.4. The van der Waals surface area contributed by atoms with Crippen LogP contribution in [0.15, 0.2) is 60.7 Å². The molecule has 0 bridgehead atoms. The highest BCUT2D eigenvalue weighted by molar-refractivity contribution is 5.79. The number of piperidine rings is 1. The van der Waals surface area contributed by atoms with Gasteiger partial charge in [-0.05, 0) is 87.9 Å². The van der Waals surface area contributed by atoms with Crippen molar-refractivity contribution in [3.05, 3.63) is 66.2 Å². The second-order valence-corrected chi connectivity index (χ2v) is 10.8. The second-order valence-electron chi connectivity index (χ2n) is 10.8. The molecule has 6 N–H and O–H groups in total. The maximum Gasteiger partial charge on any atom is 0.223 e. The highest BCUT2D eigenvalue weighted by atomic mass is 16.1. The van der Waals surface area contributed by atoms with Gasteiger partial charge in [-0.3, -0.25) is 4.79 Å². The van der Waals surface area contributed by atoms with E-state index < -0.39 is 0 Å². The van der Waals surface area contributed by atoms with Gasteiger partial charge in [-0.1, -0.05) is 24.3 Å². The number of hydrogen-bond acceptors (Lipinski definition) is 6. The van der Waals surface area contributed by atoms with Crippen molar-refractivity contribution < 1.29 is 4.79 Å². The summed E-state index contributed by atoms with van der Waals surface area (Å²) in [7, 11) is 0. The van der Waals surface area contributed by atoms with E-state index in [2.05, 4.69) is 51.9 Å². The minimum Gasteiger partial charge on any atom is -0.396 e. The lowest BCUT2D eigenvalue weighted by molar-refractivity contribution is -0.126. The van der Waals surface area contributed by atoms with E-state index in [1.165, 1.54) is 12.0 Å². The molecular formula is C30H38N6O. The van der Waals surface area contributed by atoms with Gasteiger partial charge in [0.1, 0.15) is 0 Å². The molecule has 0 unspecified atom stereocenters. The monoisotopic (exact) mass is 498 g/mol. The fourth-order valence-electron chi connectivity index (χ4n) is 5.26. The number of amides is 1. The van der Waals surface area contributed by atoms with Gasteiger partial charge in [0.25, 0.3) is 0 Å². The Hall–Kier alpha value is -3.58. The first-order valence-corrected chi connectivity index (χ1v) is 13.4. The van der Waals surface area contributed by atoms with Crippen molar-refractivity contribution in [2.75, 3.05) is 29.0 Å². The van der Waals surface area contributed by atoms with Gasteiger partial charge in [0, 0.05) is 47.5 Å². The third kappa shape index (κ3) is 5.57. The Morgan fingerprint density at radius 3 is 2.43 bits per heavy atom. The van der Waals surface area contributed by atoms with Gasteiger partial charge in [-0.15, -0.1) is 0 Å². The van der Waals surface area contributed by atoms with Crippen LogP contribution in [0.4, 0.5) is 22.9 Å². The molecule has 0 spiro atoms. The number of nitrogens with zero attached hydrogens (tertiary/aromatic N) is 2. The van der Waals surface area contributed by atoms with Crippen LogP contribution >= 0.6 is 0 Å². The number of anilines is 4. The van der Waals surface area contributed by atoms with Crippen molar-refractivity contribution in [3.8, 4) is 11.3 Å². The quantitative estimate of drug-likeness (QED) is 0.359. The third-order valence-electron chi connectivity index (χ3n) is 7.70. The predicted octanol–water partition coefficient (Wildman–Crippen LogP) is 5.15. The Morgan fingerprint density at radius 1 is 1.05 bits per heavy atom. The summed E-state index contributed by atoms with van der Waals surface area (Å²) in [5.74, 6) is 0.904. The zero-order valence-corrected chi connectivity index (χ0v) is 21.8. The largest absolute Gasteiger partial charge is 0.396 e. The molecule has 194 valence electrons. The van der Waals surface area contributed by atoms with Crippen molar-refractivity contribution in [2.45, 2.75) is 57.5 Å². The average molecular weight is 499 g/mol. The standard InChI is InChI=1S/C30H38N6O/c1-20(2)33-29(37)21-13-17-36(18-14-21)25-6-3-5-22(19-25)27-12-11-26(31)28(35-27)34-24-9-7-23(8-10-24)30(32)15-4-16-30/h3,5-12,19-21H,4,13-18,31-32H2,1-2H3,(H,33,37)(H,34,35). The predicted molar refractivity (Wildman–Crippen MR) is 152 cm³/mol. The van der Waals surface area contributed by atoms with Gasteiger partial charge < -0.3 is 27.0 Å². The Bertz CT molecular complexity index is 1240. The Kier molecular flexibility index (Phi) is 7.07. The molecule has 1 amide bonds. The summed E-state index contributed by atoms with van der Waals surface area (Å²) in [4.78, 5) is 19.6. The summed E-state index contributed by atoms with van der Waals surface area (Å²) in [5, 5.41) is 6.43. The first kappa shape index (κ1) is 25.1. The first-order valence-electron chi connectivity index (χ1n) is 13.4. The van der Waals surface area contributed by atoms with E-state index in [-0.39, 0.29) is 23.4 Å². The number of rotatable bonds is 7. The number of nitrogens with one attached hydrogen (secondary N) is 2. The molecule has 1 aliphatic carbocycles. The fraction of sp³-hybridized carbons (Fsp3) is 0.400. The number of carbonyl (C=O) groups is 1. The summed E-state index contributed by atoms with van der Waals surface area (Å²) >= 11 is 0. The highest BCUT2D eigenvalue weighted by Gasteiger charge is 2.34. The van der Waals surface area contributed by atoms with E-state index >= 15 is 0 Å². The summed E-state index contributed by atoms with van der Waals surface area (Å²) in [6.07, 6.45) is 5.00. The SMILES string of the molecule is CC(C)NC(=O)C1CCN(c2cccc(-c3ccc(N)c(Nc4ccc(C5(N)CCC5)cc4)n3)c2)CC1. The molecule has 2 aromatic carbocycles. The maximum atomic E-state index is 12.4. The van der Waals surface area contributed by atoms with Gasteiger partial charge >= 0.3 is 0 Å². The number of pyridine rings is 1. The van der Waals surface area contributed by atoms with Crippen molar-refractivity contribution in [2.24, 2.45) is 11.7 Å². The molecule has 3 aromatic rings. The van der Waals surface area contributed by atoms with Crippen LogP contribution in [0.5, 0.6) is 0 Å². The minimum atomic E-state index is -0.170. The molecule has 0 radical (unpaired) electrons. The molecule has 7 nitrogen and oxygen atoms in total. The van der Waals surface area contributed by atoms with E-state index in [1.54, 1.807) is 0 Å². The lowest BCUT2D eigenvalue weighted by atomic mass is 9.73. The molecule has 1 saturated carbocycles. The lowest BCUT2D eigenvalue weighted by Crippen LogP contribution is -2.43. The molecule has 1 saturated heterocycles. The van der Waals surface area contributed by atoms with E-state index in [0.29, 0.717) is 11.5 Å². The summed E-state index contributed by atoms with van der Waals surface area (Å²) in [6, 6.07) is 20.8. The van der Waals surface area contributed by atoms with Crippen LogP contribution in [0.25, 0.3) is 11.3 Å². The molecule has 7 heteroatoms. The van der Waals surface area contributed by atoms with Crippen molar-refractivity contribution in [1.82, 2.24) is 10.3 Å². The van der Waals surface area contributed by atoms with Crippen LogP contribution in [0, 0.1) is 5.92 Å². The Balaban J connectivity index is 1.28. The molecule has 2 aliphatic rings. The van der Waals surface area contributed by atoms with Gasteiger partial charge in [-0.2, -0.15) is 0 Å². The van der Waals surface area contributed by atoms with Crippen molar-refractivity contribution in [3.63, 3.8) is 0 Å². The van der Waals surface area contributed by atoms with E-state index in [1.807, 2.05) is 38.1 Å².